The second kappa shape index (κ2) is 9.74. The van der Waals surface area contributed by atoms with E-state index in [0.717, 1.165) is 10.2 Å². The van der Waals surface area contributed by atoms with Gasteiger partial charge in [-0.3, -0.25) is 4.79 Å². The zero-order valence-corrected chi connectivity index (χ0v) is 21.1. The second-order valence-corrected chi connectivity index (χ2v) is 9.61. The third-order valence-corrected chi connectivity index (χ3v) is 5.37. The lowest BCUT2D eigenvalue weighted by atomic mass is 9.95. The number of aromatic nitrogens is 2. The van der Waals surface area contributed by atoms with Gasteiger partial charge in [-0.1, -0.05) is 36.7 Å². The SMILES string of the molecule is COC(=O)COc1cc(N(C)C)ccc1C=Nn1c(C(C)(C)C)nc2ccc(Br)cc2c1=O. The Morgan fingerprint density at radius 2 is 1.94 bits per heavy atom. The predicted octanol–water partition coefficient (Wildman–Crippen LogP) is 3.96. The fourth-order valence-electron chi connectivity index (χ4n) is 3.09. The Kier molecular flexibility index (Phi) is 7.22. The van der Waals surface area contributed by atoms with Crippen molar-refractivity contribution >= 4 is 44.7 Å². The van der Waals surface area contributed by atoms with Crippen molar-refractivity contribution in [1.29, 1.82) is 0 Å². The fourth-order valence-corrected chi connectivity index (χ4v) is 3.45. The summed E-state index contributed by atoms with van der Waals surface area (Å²) in [5.74, 6) is 0.474. The minimum Gasteiger partial charge on any atom is -0.481 e. The van der Waals surface area contributed by atoms with Crippen LogP contribution in [0.4, 0.5) is 5.69 Å². The van der Waals surface area contributed by atoms with Gasteiger partial charge < -0.3 is 14.4 Å². The number of benzene rings is 2. The average molecular weight is 515 g/mol. The van der Waals surface area contributed by atoms with Gasteiger partial charge in [0.05, 0.1) is 24.2 Å². The molecule has 174 valence electrons. The fraction of sp³-hybridized carbons (Fsp3) is 0.333. The molecule has 0 atom stereocenters. The first-order chi connectivity index (χ1) is 15.5. The highest BCUT2D eigenvalue weighted by atomic mass is 79.9. The summed E-state index contributed by atoms with van der Waals surface area (Å²) in [7, 11) is 5.11. The number of anilines is 1. The Balaban J connectivity index is 2.14. The van der Waals surface area contributed by atoms with Crippen molar-refractivity contribution in [2.24, 2.45) is 5.10 Å². The molecule has 3 rings (SSSR count). The molecule has 3 aromatic rings. The molecule has 2 aromatic carbocycles. The van der Waals surface area contributed by atoms with Crippen LogP contribution in [-0.4, -0.2) is 49.7 Å². The first-order valence-corrected chi connectivity index (χ1v) is 11.1. The summed E-state index contributed by atoms with van der Waals surface area (Å²) in [5.41, 5.74) is 1.39. The van der Waals surface area contributed by atoms with Crippen molar-refractivity contribution in [3.05, 3.63) is 62.6 Å². The molecule has 0 aliphatic carbocycles. The number of methoxy groups -OCH3 is 1. The van der Waals surface area contributed by atoms with Crippen molar-refractivity contribution in [3.63, 3.8) is 0 Å². The minimum atomic E-state index is -0.497. The predicted molar refractivity (Wildman–Crippen MR) is 134 cm³/mol. The second-order valence-electron chi connectivity index (χ2n) is 8.69. The molecule has 0 saturated heterocycles. The van der Waals surface area contributed by atoms with Crippen LogP contribution in [0.2, 0.25) is 0 Å². The normalized spacial score (nSPS) is 11.7. The molecule has 1 heterocycles. The lowest BCUT2D eigenvalue weighted by Gasteiger charge is -2.21. The van der Waals surface area contributed by atoms with Crippen molar-refractivity contribution in [2.45, 2.75) is 26.2 Å². The molecular weight excluding hydrogens is 488 g/mol. The zero-order valence-electron chi connectivity index (χ0n) is 19.5. The minimum absolute atomic E-state index is 0.243. The van der Waals surface area contributed by atoms with E-state index < -0.39 is 11.4 Å². The molecule has 0 aliphatic rings. The standard InChI is InChI=1S/C24H27BrN4O4/c1-24(2,3)23-27-19-10-8-16(25)11-18(19)22(31)29(23)26-13-15-7-9-17(28(4)5)12-20(15)33-14-21(30)32-6/h7-13H,14H2,1-6H3. The molecule has 8 nitrogen and oxygen atoms in total. The largest absolute Gasteiger partial charge is 0.481 e. The molecule has 33 heavy (non-hydrogen) atoms. The summed E-state index contributed by atoms with van der Waals surface area (Å²) in [6.07, 6.45) is 1.54. The zero-order chi connectivity index (χ0) is 24.3. The summed E-state index contributed by atoms with van der Waals surface area (Å²) < 4.78 is 12.5. The first-order valence-electron chi connectivity index (χ1n) is 10.3. The van der Waals surface area contributed by atoms with Gasteiger partial charge in [0.15, 0.2) is 6.61 Å². The molecule has 1 aromatic heterocycles. The monoisotopic (exact) mass is 514 g/mol. The van der Waals surface area contributed by atoms with E-state index in [1.807, 2.05) is 64.0 Å². The molecule has 0 aliphatic heterocycles. The average Bonchev–Trinajstić information content (AvgIpc) is 2.76. The summed E-state index contributed by atoms with van der Waals surface area (Å²) in [5, 5.41) is 4.95. The van der Waals surface area contributed by atoms with E-state index in [-0.39, 0.29) is 12.2 Å². The van der Waals surface area contributed by atoms with E-state index in [0.29, 0.717) is 28.0 Å². The van der Waals surface area contributed by atoms with Crippen LogP contribution in [0.15, 0.2) is 50.8 Å². The van der Waals surface area contributed by atoms with E-state index >= 15 is 0 Å². The number of carbonyl (C=O) groups excluding carboxylic acids is 1. The maximum Gasteiger partial charge on any atom is 0.343 e. The number of halogens is 1. The van der Waals surface area contributed by atoms with Gasteiger partial charge in [0.1, 0.15) is 11.6 Å². The van der Waals surface area contributed by atoms with Gasteiger partial charge in [0.2, 0.25) is 0 Å². The lowest BCUT2D eigenvalue weighted by Crippen LogP contribution is -2.29. The first kappa shape index (κ1) is 24.4. The Morgan fingerprint density at radius 1 is 1.21 bits per heavy atom. The van der Waals surface area contributed by atoms with Gasteiger partial charge in [0, 0.05) is 41.3 Å². The summed E-state index contributed by atoms with van der Waals surface area (Å²) >= 11 is 3.41. The van der Waals surface area contributed by atoms with Crippen LogP contribution in [0.25, 0.3) is 10.9 Å². The van der Waals surface area contributed by atoms with Gasteiger partial charge >= 0.3 is 5.97 Å². The van der Waals surface area contributed by atoms with Crippen LogP contribution in [0.3, 0.4) is 0 Å². The number of fused-ring (bicyclic) bond motifs is 1. The summed E-state index contributed by atoms with van der Waals surface area (Å²) in [4.78, 5) is 31.6. The van der Waals surface area contributed by atoms with Crippen LogP contribution < -0.4 is 15.2 Å². The van der Waals surface area contributed by atoms with E-state index in [9.17, 15) is 9.59 Å². The topological polar surface area (TPSA) is 86.0 Å². The molecule has 0 saturated carbocycles. The smallest absolute Gasteiger partial charge is 0.343 e. The quantitative estimate of drug-likeness (QED) is 0.365. The van der Waals surface area contributed by atoms with Crippen LogP contribution >= 0.6 is 15.9 Å². The van der Waals surface area contributed by atoms with Crippen LogP contribution in [0.1, 0.15) is 32.2 Å². The molecule has 0 fully saturated rings. The maximum atomic E-state index is 13.3. The Bertz CT molecular complexity index is 1280. The maximum absolute atomic E-state index is 13.3. The lowest BCUT2D eigenvalue weighted by molar-refractivity contribution is -0.142. The van der Waals surface area contributed by atoms with Gasteiger partial charge in [0.25, 0.3) is 5.56 Å². The van der Waals surface area contributed by atoms with E-state index in [2.05, 4.69) is 25.8 Å². The molecule has 0 N–H and O–H groups in total. The van der Waals surface area contributed by atoms with E-state index in [1.54, 1.807) is 12.1 Å². The number of esters is 1. The number of rotatable bonds is 6. The van der Waals surface area contributed by atoms with Crippen molar-refractivity contribution in [2.75, 3.05) is 32.7 Å². The number of ether oxygens (including phenoxy) is 2. The van der Waals surface area contributed by atoms with Crippen LogP contribution in [0, 0.1) is 0 Å². The Morgan fingerprint density at radius 3 is 2.58 bits per heavy atom. The van der Waals surface area contributed by atoms with E-state index in [1.165, 1.54) is 18.0 Å². The third kappa shape index (κ3) is 5.60. The highest BCUT2D eigenvalue weighted by molar-refractivity contribution is 9.10. The van der Waals surface area contributed by atoms with Crippen molar-refractivity contribution < 1.29 is 14.3 Å². The van der Waals surface area contributed by atoms with Gasteiger partial charge in [-0.15, -0.1) is 0 Å². The number of nitrogens with zero attached hydrogens (tertiary/aromatic N) is 4. The van der Waals surface area contributed by atoms with Gasteiger partial charge in [-0.25, -0.2) is 9.78 Å². The third-order valence-electron chi connectivity index (χ3n) is 4.88. The van der Waals surface area contributed by atoms with Gasteiger partial charge in [-0.2, -0.15) is 9.78 Å². The summed E-state index contributed by atoms with van der Waals surface area (Å²) in [6, 6.07) is 10.9. The van der Waals surface area contributed by atoms with Crippen molar-refractivity contribution in [1.82, 2.24) is 9.66 Å². The summed E-state index contributed by atoms with van der Waals surface area (Å²) in [6.45, 7) is 5.68. The van der Waals surface area contributed by atoms with Crippen molar-refractivity contribution in [3.8, 4) is 5.75 Å². The highest BCUT2D eigenvalue weighted by Gasteiger charge is 2.23. The molecule has 0 amide bonds. The highest BCUT2D eigenvalue weighted by Crippen LogP contribution is 2.25. The Labute approximate surface area is 201 Å². The number of carbonyl (C=O) groups is 1. The molecule has 0 unspecified atom stereocenters. The van der Waals surface area contributed by atoms with Crippen LogP contribution in [0.5, 0.6) is 5.75 Å². The molecule has 0 spiro atoms. The molecule has 9 heteroatoms. The molecule has 0 radical (unpaired) electrons. The number of hydrogen-bond donors (Lipinski definition) is 0. The molecule has 0 bridgehead atoms. The van der Waals surface area contributed by atoms with E-state index in [4.69, 9.17) is 9.72 Å². The molecular formula is C24H27BrN4O4. The Hall–Kier alpha value is -3.20. The van der Waals surface area contributed by atoms with Gasteiger partial charge in [-0.05, 0) is 30.3 Å². The van der Waals surface area contributed by atoms with Crippen LogP contribution in [-0.2, 0) is 14.9 Å². The number of hydrogen-bond acceptors (Lipinski definition) is 7.